The first kappa shape index (κ1) is 11.3. The van der Waals surface area contributed by atoms with Crippen LogP contribution in [-0.4, -0.2) is 47.9 Å². The Morgan fingerprint density at radius 1 is 1.27 bits per heavy atom. The Kier molecular flexibility index (Phi) is 3.28. The molecule has 88 valence electrons. The van der Waals surface area contributed by atoms with Crippen LogP contribution < -0.4 is 5.73 Å². The van der Waals surface area contributed by atoms with Crippen molar-refractivity contribution >= 4 is 0 Å². The third-order valence-electron chi connectivity index (χ3n) is 3.79. The van der Waals surface area contributed by atoms with Crippen molar-refractivity contribution in [2.24, 2.45) is 5.73 Å². The maximum atomic E-state index is 15.1. The van der Waals surface area contributed by atoms with Gasteiger partial charge in [-0.2, -0.15) is 0 Å². The van der Waals surface area contributed by atoms with Gasteiger partial charge in [-0.3, -0.25) is 9.80 Å². The van der Waals surface area contributed by atoms with Gasteiger partial charge >= 0.3 is 0 Å². The van der Waals surface area contributed by atoms with E-state index in [1.54, 1.807) is 0 Å². The summed E-state index contributed by atoms with van der Waals surface area (Å²) in [5.74, 6) is -1.37. The molecule has 4 heteroatoms. The number of hydrogen-bond acceptors (Lipinski definition) is 3. The van der Waals surface area contributed by atoms with Crippen LogP contribution in [0.15, 0.2) is 0 Å². The van der Waals surface area contributed by atoms with Crippen LogP contribution in [0.5, 0.6) is 0 Å². The largest absolute Gasteiger partial charge is 0.323 e. The van der Waals surface area contributed by atoms with E-state index in [0.717, 1.165) is 51.9 Å². The molecule has 2 saturated heterocycles. The Morgan fingerprint density at radius 3 is 2.53 bits per heavy atom. The number of nitrogens with two attached hydrogens (primary N) is 1. The van der Waals surface area contributed by atoms with Crippen molar-refractivity contribution in [2.75, 3.05) is 26.2 Å². The van der Waals surface area contributed by atoms with Crippen LogP contribution in [0, 0.1) is 0 Å². The summed E-state index contributed by atoms with van der Waals surface area (Å²) >= 11 is 0. The lowest BCUT2D eigenvalue weighted by Gasteiger charge is -2.49. The predicted octanol–water partition coefficient (Wildman–Crippen LogP) is 1.15. The fourth-order valence-corrected chi connectivity index (χ4v) is 2.92. The van der Waals surface area contributed by atoms with E-state index in [4.69, 9.17) is 5.73 Å². The monoisotopic (exact) mass is 215 g/mol. The number of rotatable bonds is 2. The zero-order valence-corrected chi connectivity index (χ0v) is 9.58. The molecule has 0 bridgehead atoms. The van der Waals surface area contributed by atoms with E-state index in [1.165, 1.54) is 0 Å². The highest BCUT2D eigenvalue weighted by Gasteiger charge is 2.49. The molecule has 0 saturated carbocycles. The quantitative estimate of drug-likeness (QED) is 0.701. The molecular formula is C11H22FN3. The lowest BCUT2D eigenvalue weighted by atomic mass is 9.99. The molecule has 0 aromatic carbocycles. The SMILES string of the molecule is CCN1CCCC(N)C1(F)N1CCCC1. The third-order valence-corrected chi connectivity index (χ3v) is 3.79. The zero-order valence-electron chi connectivity index (χ0n) is 9.58. The molecule has 0 amide bonds. The number of likely N-dealkylation sites (tertiary alicyclic amines) is 2. The maximum absolute atomic E-state index is 15.1. The molecule has 15 heavy (non-hydrogen) atoms. The zero-order chi connectivity index (χ0) is 10.9. The fourth-order valence-electron chi connectivity index (χ4n) is 2.92. The van der Waals surface area contributed by atoms with Gasteiger partial charge in [0.15, 0.2) is 0 Å². The van der Waals surface area contributed by atoms with Crippen LogP contribution in [0.3, 0.4) is 0 Å². The highest BCUT2D eigenvalue weighted by Crippen LogP contribution is 2.34. The van der Waals surface area contributed by atoms with Crippen molar-refractivity contribution in [1.82, 2.24) is 9.80 Å². The van der Waals surface area contributed by atoms with E-state index >= 15 is 4.39 Å². The van der Waals surface area contributed by atoms with Gasteiger partial charge in [0.25, 0.3) is 0 Å². The van der Waals surface area contributed by atoms with Crippen LogP contribution in [0.1, 0.15) is 32.6 Å². The van der Waals surface area contributed by atoms with Crippen molar-refractivity contribution in [2.45, 2.75) is 44.6 Å². The van der Waals surface area contributed by atoms with Crippen LogP contribution >= 0.6 is 0 Å². The Balaban J connectivity index is 2.17. The molecule has 2 fully saturated rings. The Hall–Kier alpha value is -0.190. The fraction of sp³-hybridized carbons (Fsp3) is 1.00. The number of likely N-dealkylation sites (N-methyl/N-ethyl adjacent to an activating group) is 1. The number of nitrogens with zero attached hydrogens (tertiary/aromatic N) is 2. The van der Waals surface area contributed by atoms with E-state index < -0.39 is 5.92 Å². The molecule has 0 aromatic rings. The molecule has 2 rings (SSSR count). The summed E-state index contributed by atoms with van der Waals surface area (Å²) in [6.07, 6.45) is 4.05. The molecule has 0 aliphatic carbocycles. The third kappa shape index (κ3) is 1.79. The summed E-state index contributed by atoms with van der Waals surface area (Å²) in [4.78, 5) is 3.85. The van der Waals surface area contributed by atoms with Gasteiger partial charge in [-0.05, 0) is 32.2 Å². The van der Waals surface area contributed by atoms with Gasteiger partial charge < -0.3 is 5.73 Å². The predicted molar refractivity (Wildman–Crippen MR) is 59.1 cm³/mol. The van der Waals surface area contributed by atoms with Gasteiger partial charge in [0, 0.05) is 19.6 Å². The number of halogens is 1. The van der Waals surface area contributed by atoms with Gasteiger partial charge in [-0.15, -0.1) is 0 Å². The topological polar surface area (TPSA) is 32.5 Å². The Labute approximate surface area is 91.4 Å². The van der Waals surface area contributed by atoms with Crippen LogP contribution in [0.2, 0.25) is 0 Å². The van der Waals surface area contributed by atoms with E-state index in [9.17, 15) is 0 Å². The first-order chi connectivity index (χ1) is 7.19. The highest BCUT2D eigenvalue weighted by atomic mass is 19.2. The molecule has 2 unspecified atom stereocenters. The molecule has 2 aliphatic rings. The normalized spacial score (nSPS) is 39.8. The van der Waals surface area contributed by atoms with E-state index in [-0.39, 0.29) is 6.04 Å². The first-order valence-electron chi connectivity index (χ1n) is 6.14. The lowest BCUT2D eigenvalue weighted by Crippen LogP contribution is -2.68. The van der Waals surface area contributed by atoms with Crippen molar-refractivity contribution < 1.29 is 4.39 Å². The summed E-state index contributed by atoms with van der Waals surface area (Å²) in [6, 6.07) is -0.343. The van der Waals surface area contributed by atoms with Crippen LogP contribution in [0.4, 0.5) is 4.39 Å². The minimum Gasteiger partial charge on any atom is -0.323 e. The standard InChI is InChI=1S/C11H22FN3/c1-2-14-9-5-6-10(13)11(14,12)15-7-3-4-8-15/h10H,2-9,13H2,1H3. The van der Waals surface area contributed by atoms with Crippen molar-refractivity contribution in [1.29, 1.82) is 0 Å². The van der Waals surface area contributed by atoms with E-state index in [1.807, 2.05) is 16.7 Å². The van der Waals surface area contributed by atoms with Gasteiger partial charge in [-0.25, -0.2) is 4.39 Å². The number of alkyl halides is 1. The summed E-state index contributed by atoms with van der Waals surface area (Å²) < 4.78 is 15.1. The second-order valence-corrected chi connectivity index (χ2v) is 4.66. The van der Waals surface area contributed by atoms with Gasteiger partial charge in [-0.1, -0.05) is 6.92 Å². The summed E-state index contributed by atoms with van der Waals surface area (Å²) in [7, 11) is 0. The number of hydrogen-bond donors (Lipinski definition) is 1. The lowest BCUT2D eigenvalue weighted by molar-refractivity contribution is -0.181. The van der Waals surface area contributed by atoms with Gasteiger partial charge in [0.1, 0.15) is 0 Å². The highest BCUT2D eigenvalue weighted by molar-refractivity contribution is 4.95. The first-order valence-corrected chi connectivity index (χ1v) is 6.14. The molecule has 2 heterocycles. The average Bonchev–Trinajstić information content (AvgIpc) is 2.75. The smallest absolute Gasteiger partial charge is 0.235 e. The average molecular weight is 215 g/mol. The molecule has 0 radical (unpaired) electrons. The van der Waals surface area contributed by atoms with E-state index in [2.05, 4.69) is 0 Å². The van der Waals surface area contributed by atoms with Crippen molar-refractivity contribution in [3.8, 4) is 0 Å². The minimum atomic E-state index is -1.37. The van der Waals surface area contributed by atoms with Crippen LogP contribution in [0.25, 0.3) is 0 Å². The van der Waals surface area contributed by atoms with Crippen LogP contribution in [-0.2, 0) is 0 Å². The summed E-state index contributed by atoms with van der Waals surface area (Å²) in [6.45, 7) is 5.34. The van der Waals surface area contributed by atoms with Crippen molar-refractivity contribution in [3.05, 3.63) is 0 Å². The second-order valence-electron chi connectivity index (χ2n) is 4.66. The summed E-state index contributed by atoms with van der Waals surface area (Å²) in [5, 5.41) is 0. The molecule has 2 N–H and O–H groups in total. The molecule has 2 aliphatic heterocycles. The number of piperidine rings is 1. The maximum Gasteiger partial charge on any atom is 0.235 e. The van der Waals surface area contributed by atoms with E-state index in [0.29, 0.717) is 0 Å². The Morgan fingerprint density at radius 2 is 1.93 bits per heavy atom. The molecule has 0 aromatic heterocycles. The molecule has 2 atom stereocenters. The van der Waals surface area contributed by atoms with Crippen molar-refractivity contribution in [3.63, 3.8) is 0 Å². The van der Waals surface area contributed by atoms with Gasteiger partial charge in [0.2, 0.25) is 5.92 Å². The second kappa shape index (κ2) is 4.36. The molecule has 0 spiro atoms. The summed E-state index contributed by atoms with van der Waals surface area (Å²) in [5.41, 5.74) is 6.00. The molecular weight excluding hydrogens is 193 g/mol. The van der Waals surface area contributed by atoms with Gasteiger partial charge in [0.05, 0.1) is 6.04 Å². The Bertz CT molecular complexity index is 214. The molecule has 3 nitrogen and oxygen atoms in total. The minimum absolute atomic E-state index is 0.343.